The van der Waals surface area contributed by atoms with Gasteiger partial charge in [-0.1, -0.05) is 57.2 Å². The summed E-state index contributed by atoms with van der Waals surface area (Å²) in [4.78, 5) is 24.1. The fourth-order valence-corrected chi connectivity index (χ4v) is 4.54. The number of anilines is 1. The van der Waals surface area contributed by atoms with Gasteiger partial charge in [-0.25, -0.2) is 0 Å². The van der Waals surface area contributed by atoms with Crippen LogP contribution in [-0.4, -0.2) is 17.0 Å². The second-order valence-corrected chi connectivity index (χ2v) is 8.30. The molecule has 0 heterocycles. The molecular weight excluding hydrogens is 406 g/mol. The standard InChI is InChI=1S/C22H24BrNO3/c1-4-22(21(26)27)18(14-8-6-5-7-9-14)19(22)15-10-11-17(16(23)12-15)24-20(25)13(2)3/h5-13,18-19H,4H2,1-3H3,(H,24,25)(H,26,27)/t18-,19-,22+/m0/s1. The summed E-state index contributed by atoms with van der Waals surface area (Å²) in [5, 5.41) is 12.9. The Labute approximate surface area is 168 Å². The number of halogens is 1. The summed E-state index contributed by atoms with van der Waals surface area (Å²) in [6.07, 6.45) is 0.565. The van der Waals surface area contributed by atoms with E-state index in [1.807, 2.05) is 69.3 Å². The first-order chi connectivity index (χ1) is 12.8. The molecule has 1 saturated carbocycles. The van der Waals surface area contributed by atoms with E-state index in [4.69, 9.17) is 0 Å². The first-order valence-corrected chi connectivity index (χ1v) is 10.0. The van der Waals surface area contributed by atoms with Crippen LogP contribution in [0.15, 0.2) is 53.0 Å². The van der Waals surface area contributed by atoms with E-state index in [9.17, 15) is 14.7 Å². The van der Waals surface area contributed by atoms with Gasteiger partial charge in [0.15, 0.2) is 0 Å². The predicted molar refractivity (Wildman–Crippen MR) is 110 cm³/mol. The normalized spacial score (nSPS) is 23.9. The largest absolute Gasteiger partial charge is 0.481 e. The molecule has 0 unspecified atom stereocenters. The molecule has 5 heteroatoms. The van der Waals surface area contributed by atoms with E-state index in [-0.39, 0.29) is 23.7 Å². The van der Waals surface area contributed by atoms with Gasteiger partial charge in [-0.05, 0) is 45.6 Å². The molecule has 142 valence electrons. The number of rotatable bonds is 6. The van der Waals surface area contributed by atoms with Crippen molar-refractivity contribution >= 4 is 33.5 Å². The van der Waals surface area contributed by atoms with E-state index in [1.165, 1.54) is 0 Å². The first-order valence-electron chi connectivity index (χ1n) is 9.21. The molecule has 0 radical (unpaired) electrons. The SMILES string of the molecule is CC[C@@]1(C(=O)O)[C@@H](c2ccccc2)[C@@H]1c1ccc(NC(=O)C(C)C)c(Br)c1. The topological polar surface area (TPSA) is 66.4 Å². The highest BCUT2D eigenvalue weighted by atomic mass is 79.9. The van der Waals surface area contributed by atoms with Crippen LogP contribution in [-0.2, 0) is 9.59 Å². The van der Waals surface area contributed by atoms with Crippen LogP contribution in [0.4, 0.5) is 5.69 Å². The molecule has 1 fully saturated rings. The predicted octanol–water partition coefficient (Wildman–Crippen LogP) is 5.41. The van der Waals surface area contributed by atoms with Gasteiger partial charge in [-0.3, -0.25) is 9.59 Å². The fourth-order valence-electron chi connectivity index (χ4n) is 4.04. The molecule has 1 aliphatic carbocycles. The van der Waals surface area contributed by atoms with Crippen molar-refractivity contribution in [1.82, 2.24) is 0 Å². The van der Waals surface area contributed by atoms with Crippen LogP contribution in [0.25, 0.3) is 0 Å². The number of hydrogen-bond acceptors (Lipinski definition) is 2. The van der Waals surface area contributed by atoms with Crippen molar-refractivity contribution in [1.29, 1.82) is 0 Å². The highest BCUT2D eigenvalue weighted by Gasteiger charge is 2.69. The summed E-state index contributed by atoms with van der Waals surface area (Å²) >= 11 is 3.53. The number of carboxylic acids is 1. The van der Waals surface area contributed by atoms with Gasteiger partial charge >= 0.3 is 5.97 Å². The minimum absolute atomic E-state index is 0.0505. The summed E-state index contributed by atoms with van der Waals surface area (Å²) in [6, 6.07) is 15.6. The lowest BCUT2D eigenvalue weighted by atomic mass is 9.94. The lowest BCUT2D eigenvalue weighted by molar-refractivity contribution is -0.144. The van der Waals surface area contributed by atoms with Gasteiger partial charge in [-0.15, -0.1) is 0 Å². The summed E-state index contributed by atoms with van der Waals surface area (Å²) in [5.74, 6) is -1.05. The van der Waals surface area contributed by atoms with E-state index in [0.29, 0.717) is 12.1 Å². The maximum atomic E-state index is 12.2. The number of carbonyl (C=O) groups is 2. The number of carboxylic acid groups (broad SMARTS) is 1. The smallest absolute Gasteiger partial charge is 0.310 e. The van der Waals surface area contributed by atoms with E-state index in [0.717, 1.165) is 15.6 Å². The molecule has 3 atom stereocenters. The van der Waals surface area contributed by atoms with Crippen LogP contribution < -0.4 is 5.32 Å². The molecule has 1 aliphatic rings. The second-order valence-electron chi connectivity index (χ2n) is 7.45. The van der Waals surface area contributed by atoms with Crippen molar-refractivity contribution in [2.45, 2.75) is 39.0 Å². The Bertz CT molecular complexity index is 865. The number of nitrogens with one attached hydrogen (secondary N) is 1. The number of aliphatic carboxylic acids is 1. The second kappa shape index (κ2) is 7.47. The molecule has 4 nitrogen and oxygen atoms in total. The Hall–Kier alpha value is -2.14. The zero-order valence-corrected chi connectivity index (χ0v) is 17.3. The Balaban J connectivity index is 1.95. The summed E-state index contributed by atoms with van der Waals surface area (Å²) < 4.78 is 0.767. The van der Waals surface area contributed by atoms with E-state index in [2.05, 4.69) is 21.2 Å². The van der Waals surface area contributed by atoms with Crippen molar-refractivity contribution in [3.8, 4) is 0 Å². The Morgan fingerprint density at radius 1 is 1.11 bits per heavy atom. The molecule has 0 spiro atoms. The molecule has 0 bridgehead atoms. The molecule has 0 aliphatic heterocycles. The monoisotopic (exact) mass is 429 g/mol. The van der Waals surface area contributed by atoms with Gasteiger partial charge in [0.25, 0.3) is 0 Å². The van der Waals surface area contributed by atoms with Gasteiger partial charge in [0.05, 0.1) is 11.1 Å². The zero-order valence-electron chi connectivity index (χ0n) is 15.7. The molecule has 2 N–H and O–H groups in total. The average Bonchev–Trinajstić information content (AvgIpc) is 3.34. The molecule has 0 saturated heterocycles. The van der Waals surface area contributed by atoms with Crippen LogP contribution in [0.5, 0.6) is 0 Å². The van der Waals surface area contributed by atoms with E-state index < -0.39 is 11.4 Å². The third-order valence-electron chi connectivity index (χ3n) is 5.61. The van der Waals surface area contributed by atoms with Crippen molar-refractivity contribution in [3.63, 3.8) is 0 Å². The molecule has 3 rings (SSSR count). The van der Waals surface area contributed by atoms with Crippen LogP contribution in [0.1, 0.15) is 50.2 Å². The quantitative estimate of drug-likeness (QED) is 0.645. The lowest BCUT2D eigenvalue weighted by Crippen LogP contribution is -2.18. The van der Waals surface area contributed by atoms with Crippen molar-refractivity contribution in [3.05, 3.63) is 64.1 Å². The van der Waals surface area contributed by atoms with Crippen LogP contribution in [0.2, 0.25) is 0 Å². The highest BCUT2D eigenvalue weighted by molar-refractivity contribution is 9.10. The zero-order chi connectivity index (χ0) is 19.8. The molecule has 1 amide bonds. The van der Waals surface area contributed by atoms with Gasteiger partial charge in [0.2, 0.25) is 5.91 Å². The van der Waals surface area contributed by atoms with Crippen LogP contribution in [0, 0.1) is 11.3 Å². The van der Waals surface area contributed by atoms with Crippen molar-refractivity contribution in [2.24, 2.45) is 11.3 Å². The minimum atomic E-state index is -0.788. The lowest BCUT2D eigenvalue weighted by Gasteiger charge is -2.12. The number of benzene rings is 2. The van der Waals surface area contributed by atoms with Crippen molar-refractivity contribution in [2.75, 3.05) is 5.32 Å². The summed E-state index contributed by atoms with van der Waals surface area (Å²) in [7, 11) is 0. The summed E-state index contributed by atoms with van der Waals surface area (Å²) in [5.41, 5.74) is 1.94. The third-order valence-corrected chi connectivity index (χ3v) is 6.27. The third kappa shape index (κ3) is 3.41. The van der Waals surface area contributed by atoms with Gasteiger partial charge < -0.3 is 10.4 Å². The highest BCUT2D eigenvalue weighted by Crippen LogP contribution is 2.72. The minimum Gasteiger partial charge on any atom is -0.481 e. The molecule has 2 aromatic carbocycles. The van der Waals surface area contributed by atoms with Gasteiger partial charge in [0.1, 0.15) is 0 Å². The number of hydrogen-bond donors (Lipinski definition) is 2. The maximum Gasteiger partial charge on any atom is 0.310 e. The van der Waals surface area contributed by atoms with E-state index in [1.54, 1.807) is 0 Å². The average molecular weight is 430 g/mol. The van der Waals surface area contributed by atoms with Crippen LogP contribution >= 0.6 is 15.9 Å². The maximum absolute atomic E-state index is 12.2. The van der Waals surface area contributed by atoms with Gasteiger partial charge in [-0.2, -0.15) is 0 Å². The van der Waals surface area contributed by atoms with Crippen molar-refractivity contribution < 1.29 is 14.7 Å². The molecule has 27 heavy (non-hydrogen) atoms. The molecule has 0 aromatic heterocycles. The first kappa shape index (κ1) is 19.6. The Kier molecular flexibility index (Phi) is 5.43. The van der Waals surface area contributed by atoms with E-state index >= 15 is 0 Å². The molecular formula is C22H24BrNO3. The number of amides is 1. The Morgan fingerprint density at radius 3 is 2.26 bits per heavy atom. The number of carbonyl (C=O) groups excluding carboxylic acids is 1. The van der Waals surface area contributed by atoms with Crippen LogP contribution in [0.3, 0.4) is 0 Å². The fraction of sp³-hybridized carbons (Fsp3) is 0.364. The summed E-state index contributed by atoms with van der Waals surface area (Å²) in [6.45, 7) is 5.62. The Morgan fingerprint density at radius 2 is 1.74 bits per heavy atom. The van der Waals surface area contributed by atoms with Gasteiger partial charge in [0, 0.05) is 22.2 Å². The molecule has 2 aromatic rings.